The lowest BCUT2D eigenvalue weighted by Crippen LogP contribution is -1.96. The third-order valence-corrected chi connectivity index (χ3v) is 4.17. The second-order valence-corrected chi connectivity index (χ2v) is 6.60. The maximum Gasteiger partial charge on any atom is 0.162 e. The van der Waals surface area contributed by atoms with E-state index in [0.717, 1.165) is 23.1 Å². The number of benzene rings is 3. The molecule has 0 aliphatic rings. The van der Waals surface area contributed by atoms with Crippen molar-refractivity contribution in [3.05, 3.63) is 108 Å². The van der Waals surface area contributed by atoms with Crippen molar-refractivity contribution < 1.29 is 14.4 Å². The number of Topliss-reactive ketones (excluding diaryl/α,β-unsaturated/α-hetero) is 3. The zero-order chi connectivity index (χ0) is 22.2. The standard InChI is InChI=1S/C10H12O.C9H10O.C8H8O/c1-2-6-10(11)9-7-4-3-5-8-9;1-2-9(10)8-6-4-3-5-7-8;1-7(9)8-5-3-2-4-6-8/h3-5,7-8H,2,6H2,1H3;3-7H,2H2,1H3;2-6H,1H3. The minimum Gasteiger partial charge on any atom is -0.295 e. The van der Waals surface area contributed by atoms with Crippen molar-refractivity contribution in [1.29, 1.82) is 0 Å². The first-order valence-corrected chi connectivity index (χ1v) is 10.2. The number of carbonyl (C=O) groups is 3. The van der Waals surface area contributed by atoms with E-state index in [0.29, 0.717) is 12.8 Å². The average molecular weight is 403 g/mol. The molecule has 30 heavy (non-hydrogen) atoms. The van der Waals surface area contributed by atoms with Crippen LogP contribution < -0.4 is 0 Å². The molecule has 0 unspecified atom stereocenters. The summed E-state index contributed by atoms with van der Waals surface area (Å²) in [6, 6.07) is 28.0. The molecule has 3 aromatic rings. The molecule has 0 bridgehead atoms. The Morgan fingerprint density at radius 1 is 0.567 bits per heavy atom. The molecule has 0 radical (unpaired) electrons. The fourth-order valence-electron chi connectivity index (χ4n) is 2.50. The molecule has 0 heterocycles. The van der Waals surface area contributed by atoms with Crippen molar-refractivity contribution >= 4 is 17.3 Å². The summed E-state index contributed by atoms with van der Waals surface area (Å²) in [5.41, 5.74) is 2.41. The van der Waals surface area contributed by atoms with E-state index in [1.165, 1.54) is 0 Å². The minimum absolute atomic E-state index is 0.121. The van der Waals surface area contributed by atoms with Crippen molar-refractivity contribution in [1.82, 2.24) is 0 Å². The molecule has 0 N–H and O–H groups in total. The van der Waals surface area contributed by atoms with Crippen molar-refractivity contribution in [2.24, 2.45) is 0 Å². The average Bonchev–Trinajstić information content (AvgIpc) is 2.81. The van der Waals surface area contributed by atoms with E-state index in [9.17, 15) is 14.4 Å². The summed E-state index contributed by atoms with van der Waals surface area (Å²) < 4.78 is 0. The van der Waals surface area contributed by atoms with Gasteiger partial charge in [0.05, 0.1) is 0 Å². The van der Waals surface area contributed by atoms with Crippen molar-refractivity contribution in [2.75, 3.05) is 0 Å². The van der Waals surface area contributed by atoms with E-state index >= 15 is 0 Å². The van der Waals surface area contributed by atoms with Gasteiger partial charge in [0.2, 0.25) is 0 Å². The van der Waals surface area contributed by atoms with E-state index in [1.54, 1.807) is 6.92 Å². The Morgan fingerprint density at radius 2 is 0.933 bits per heavy atom. The van der Waals surface area contributed by atoms with Crippen LogP contribution in [0.4, 0.5) is 0 Å². The van der Waals surface area contributed by atoms with Crippen LogP contribution in [0.3, 0.4) is 0 Å². The molecule has 3 rings (SSSR count). The Labute approximate surface area is 179 Å². The van der Waals surface area contributed by atoms with Gasteiger partial charge in [0.25, 0.3) is 0 Å². The third kappa shape index (κ3) is 9.74. The normalized spacial score (nSPS) is 9.30. The van der Waals surface area contributed by atoms with Gasteiger partial charge in [0.1, 0.15) is 0 Å². The first kappa shape index (κ1) is 24.7. The van der Waals surface area contributed by atoms with E-state index in [-0.39, 0.29) is 17.3 Å². The number of hydrogen-bond acceptors (Lipinski definition) is 3. The lowest BCUT2D eigenvalue weighted by molar-refractivity contribution is 0.0976. The second-order valence-electron chi connectivity index (χ2n) is 6.60. The number of carbonyl (C=O) groups excluding carboxylic acids is 3. The number of ketones is 3. The molecule has 3 nitrogen and oxygen atoms in total. The van der Waals surface area contributed by atoms with Gasteiger partial charge in [-0.2, -0.15) is 0 Å². The van der Waals surface area contributed by atoms with Gasteiger partial charge < -0.3 is 0 Å². The molecular weight excluding hydrogens is 372 g/mol. The highest BCUT2D eigenvalue weighted by Crippen LogP contribution is 2.04. The lowest BCUT2D eigenvalue weighted by atomic mass is 10.1. The van der Waals surface area contributed by atoms with Crippen LogP contribution in [-0.2, 0) is 0 Å². The van der Waals surface area contributed by atoms with Crippen LogP contribution in [0.25, 0.3) is 0 Å². The molecule has 0 saturated carbocycles. The Hall–Kier alpha value is -3.33. The smallest absolute Gasteiger partial charge is 0.162 e. The van der Waals surface area contributed by atoms with Gasteiger partial charge >= 0.3 is 0 Å². The number of hydrogen-bond donors (Lipinski definition) is 0. The molecule has 3 aromatic carbocycles. The van der Waals surface area contributed by atoms with Gasteiger partial charge in [-0.1, -0.05) is 105 Å². The summed E-state index contributed by atoms with van der Waals surface area (Å²) in [4.78, 5) is 32.9. The molecule has 156 valence electrons. The SMILES string of the molecule is CC(=O)c1ccccc1.CCC(=O)c1ccccc1.CCCC(=O)c1ccccc1. The van der Waals surface area contributed by atoms with Crippen LogP contribution in [0.1, 0.15) is 71.1 Å². The fraction of sp³-hybridized carbons (Fsp3) is 0.222. The predicted molar refractivity (Wildman–Crippen MR) is 123 cm³/mol. The Bertz CT molecular complexity index is 885. The molecule has 0 saturated heterocycles. The second kappa shape index (κ2) is 14.6. The van der Waals surface area contributed by atoms with Crippen LogP contribution in [0.5, 0.6) is 0 Å². The van der Waals surface area contributed by atoms with Crippen LogP contribution in [0, 0.1) is 0 Å². The van der Waals surface area contributed by atoms with E-state index in [2.05, 4.69) is 0 Å². The lowest BCUT2D eigenvalue weighted by Gasteiger charge is -1.96. The van der Waals surface area contributed by atoms with Crippen LogP contribution in [0.2, 0.25) is 0 Å². The maximum atomic E-state index is 11.2. The first-order valence-electron chi connectivity index (χ1n) is 10.2. The van der Waals surface area contributed by atoms with Crippen molar-refractivity contribution in [2.45, 2.75) is 40.0 Å². The monoisotopic (exact) mass is 402 g/mol. The predicted octanol–water partition coefficient (Wildman–Crippen LogP) is 6.84. The topological polar surface area (TPSA) is 51.2 Å². The van der Waals surface area contributed by atoms with Crippen molar-refractivity contribution in [3.8, 4) is 0 Å². The molecule has 3 heteroatoms. The minimum atomic E-state index is 0.121. The highest BCUT2D eigenvalue weighted by molar-refractivity contribution is 5.96. The molecule has 0 atom stereocenters. The molecule has 0 spiro atoms. The molecule has 0 aliphatic carbocycles. The Kier molecular flexibility index (Phi) is 12.1. The summed E-state index contributed by atoms with van der Waals surface area (Å²) in [5, 5.41) is 0. The van der Waals surface area contributed by atoms with Crippen LogP contribution in [0.15, 0.2) is 91.0 Å². The fourth-order valence-corrected chi connectivity index (χ4v) is 2.50. The maximum absolute atomic E-state index is 11.2. The molecular formula is C27H30O3. The highest BCUT2D eigenvalue weighted by atomic mass is 16.1. The van der Waals surface area contributed by atoms with Gasteiger partial charge in [-0.25, -0.2) is 0 Å². The quantitative estimate of drug-likeness (QED) is 0.424. The largest absolute Gasteiger partial charge is 0.295 e. The van der Waals surface area contributed by atoms with Gasteiger partial charge in [0, 0.05) is 29.5 Å². The van der Waals surface area contributed by atoms with Crippen molar-refractivity contribution in [3.63, 3.8) is 0 Å². The summed E-state index contributed by atoms with van der Waals surface area (Å²) >= 11 is 0. The summed E-state index contributed by atoms with van der Waals surface area (Å²) in [5.74, 6) is 0.573. The Morgan fingerprint density at radius 3 is 1.23 bits per heavy atom. The van der Waals surface area contributed by atoms with E-state index in [1.807, 2.05) is 105 Å². The number of rotatable bonds is 6. The van der Waals surface area contributed by atoms with Gasteiger partial charge in [-0.3, -0.25) is 14.4 Å². The first-order chi connectivity index (χ1) is 14.5. The third-order valence-electron chi connectivity index (χ3n) is 4.17. The molecule has 0 fully saturated rings. The molecule has 0 aromatic heterocycles. The zero-order valence-corrected chi connectivity index (χ0v) is 18.0. The molecule has 0 aliphatic heterocycles. The van der Waals surface area contributed by atoms with Crippen LogP contribution in [-0.4, -0.2) is 17.3 Å². The van der Waals surface area contributed by atoms with E-state index < -0.39 is 0 Å². The van der Waals surface area contributed by atoms with Gasteiger partial charge in [-0.05, 0) is 13.3 Å². The van der Waals surface area contributed by atoms with Gasteiger partial charge in [-0.15, -0.1) is 0 Å². The van der Waals surface area contributed by atoms with Gasteiger partial charge in [0.15, 0.2) is 17.3 Å². The van der Waals surface area contributed by atoms with E-state index in [4.69, 9.17) is 0 Å². The highest BCUT2D eigenvalue weighted by Gasteiger charge is 2.01. The van der Waals surface area contributed by atoms with Crippen LogP contribution >= 0.6 is 0 Å². The zero-order valence-electron chi connectivity index (χ0n) is 18.0. The summed E-state index contributed by atoms with van der Waals surface area (Å²) in [6.07, 6.45) is 2.17. The molecule has 0 amide bonds. The summed E-state index contributed by atoms with van der Waals surface area (Å²) in [7, 11) is 0. The Balaban J connectivity index is 0.000000226. The summed E-state index contributed by atoms with van der Waals surface area (Å²) in [6.45, 7) is 5.45.